The maximum absolute atomic E-state index is 12.1. The van der Waals surface area contributed by atoms with Crippen molar-refractivity contribution in [3.8, 4) is 0 Å². The Kier molecular flexibility index (Phi) is 14.9. The van der Waals surface area contributed by atoms with E-state index in [2.05, 4.69) is 6.92 Å². The highest BCUT2D eigenvalue weighted by atomic mass is 32.2. The number of hydrogen-bond donors (Lipinski definition) is 0. The van der Waals surface area contributed by atoms with Crippen molar-refractivity contribution in [3.63, 3.8) is 0 Å². The van der Waals surface area contributed by atoms with Gasteiger partial charge in [0.15, 0.2) is 0 Å². The molecule has 0 heterocycles. The van der Waals surface area contributed by atoms with E-state index in [4.69, 9.17) is 17.0 Å². The molecule has 152 valence electrons. The van der Waals surface area contributed by atoms with Crippen LogP contribution in [0.3, 0.4) is 0 Å². The highest BCUT2D eigenvalue weighted by molar-refractivity contribution is 8.47. The molecule has 0 N–H and O–H groups in total. The van der Waals surface area contributed by atoms with Gasteiger partial charge in [-0.15, -0.1) is 11.8 Å². The van der Waals surface area contributed by atoms with Gasteiger partial charge in [0.05, 0.1) is 7.11 Å². The van der Waals surface area contributed by atoms with Crippen LogP contribution in [0, 0.1) is 0 Å². The van der Waals surface area contributed by atoms with Crippen LogP contribution in [0.2, 0.25) is 0 Å². The molecule has 0 spiro atoms. The van der Waals surface area contributed by atoms with Crippen molar-refractivity contribution in [2.45, 2.75) is 76.4 Å². The molecule has 1 rings (SSSR count). The number of benzene rings is 1. The third kappa shape index (κ3) is 11.8. The molecular weight excluding hydrogens is 392 g/mol. The van der Waals surface area contributed by atoms with E-state index in [1.54, 1.807) is 11.8 Å². The SMILES string of the molecule is CCCCCCCCCCCCSC(=S)SC(C(=O)OC)c1ccccc1. The Balaban J connectivity index is 2.14. The van der Waals surface area contributed by atoms with Crippen LogP contribution in [-0.4, -0.2) is 22.4 Å². The largest absolute Gasteiger partial charge is 0.468 e. The number of ether oxygens (including phenoxy) is 1. The number of unbranched alkanes of at least 4 members (excludes halogenated alkanes) is 9. The summed E-state index contributed by atoms with van der Waals surface area (Å²) < 4.78 is 5.77. The van der Waals surface area contributed by atoms with E-state index in [1.165, 1.54) is 83.1 Å². The molecule has 1 aromatic carbocycles. The lowest BCUT2D eigenvalue weighted by molar-refractivity contribution is -0.140. The number of rotatable bonds is 14. The first kappa shape index (κ1) is 24.5. The second-order valence-electron chi connectivity index (χ2n) is 6.71. The molecule has 0 aliphatic carbocycles. The monoisotopic (exact) mass is 426 g/mol. The summed E-state index contributed by atoms with van der Waals surface area (Å²) in [6.45, 7) is 2.26. The first-order valence-electron chi connectivity index (χ1n) is 10.1. The fraction of sp³-hybridized carbons (Fsp3) is 0.636. The van der Waals surface area contributed by atoms with Crippen molar-refractivity contribution in [1.82, 2.24) is 0 Å². The van der Waals surface area contributed by atoms with Crippen LogP contribution >= 0.6 is 35.7 Å². The zero-order chi connectivity index (χ0) is 19.7. The fourth-order valence-corrected chi connectivity index (χ4v) is 5.41. The van der Waals surface area contributed by atoms with E-state index in [0.717, 1.165) is 14.8 Å². The lowest BCUT2D eigenvalue weighted by atomic mass is 10.1. The first-order valence-corrected chi connectivity index (χ1v) is 12.4. The summed E-state index contributed by atoms with van der Waals surface area (Å²) >= 11 is 8.61. The maximum Gasteiger partial charge on any atom is 0.323 e. The lowest BCUT2D eigenvalue weighted by Crippen LogP contribution is -2.12. The van der Waals surface area contributed by atoms with E-state index in [9.17, 15) is 4.79 Å². The zero-order valence-electron chi connectivity index (χ0n) is 16.8. The predicted molar refractivity (Wildman–Crippen MR) is 126 cm³/mol. The van der Waals surface area contributed by atoms with Gasteiger partial charge in [0, 0.05) is 0 Å². The third-order valence-corrected chi connectivity index (χ3v) is 7.36. The molecule has 0 bridgehead atoms. The lowest BCUT2D eigenvalue weighted by Gasteiger charge is -2.14. The molecular formula is C22H34O2S3. The predicted octanol–water partition coefficient (Wildman–Crippen LogP) is 7.57. The quantitative estimate of drug-likeness (QED) is 0.174. The summed E-state index contributed by atoms with van der Waals surface area (Å²) in [7, 11) is 1.43. The molecule has 2 nitrogen and oxygen atoms in total. The molecule has 1 aromatic rings. The van der Waals surface area contributed by atoms with Gasteiger partial charge in [-0.2, -0.15) is 0 Å². The zero-order valence-corrected chi connectivity index (χ0v) is 19.2. The summed E-state index contributed by atoms with van der Waals surface area (Å²) in [4.78, 5) is 12.1. The standard InChI is InChI=1S/C22H34O2S3/c1-3-4-5-6-7-8-9-10-11-15-18-26-22(25)27-20(21(23)24-2)19-16-13-12-14-17-19/h12-14,16-17,20H,3-11,15,18H2,1-2H3. The van der Waals surface area contributed by atoms with Gasteiger partial charge >= 0.3 is 5.97 Å². The molecule has 0 aliphatic rings. The highest BCUT2D eigenvalue weighted by Gasteiger charge is 2.23. The topological polar surface area (TPSA) is 26.3 Å². The van der Waals surface area contributed by atoms with Gasteiger partial charge in [0.25, 0.3) is 0 Å². The maximum atomic E-state index is 12.1. The number of carbonyl (C=O) groups is 1. The second-order valence-corrected chi connectivity index (χ2v) is 10.1. The van der Waals surface area contributed by atoms with Crippen molar-refractivity contribution in [3.05, 3.63) is 35.9 Å². The van der Waals surface area contributed by atoms with Crippen molar-refractivity contribution >= 4 is 45.2 Å². The molecule has 0 saturated carbocycles. The minimum absolute atomic E-state index is 0.243. The second kappa shape index (κ2) is 16.4. The summed E-state index contributed by atoms with van der Waals surface area (Å²) in [5.41, 5.74) is 0.941. The molecule has 5 heteroatoms. The molecule has 0 aromatic heterocycles. The summed E-state index contributed by atoms with van der Waals surface area (Å²) in [6, 6.07) is 9.71. The van der Waals surface area contributed by atoms with E-state index in [-0.39, 0.29) is 11.2 Å². The minimum atomic E-state index is -0.371. The summed E-state index contributed by atoms with van der Waals surface area (Å²) in [5.74, 6) is 0.790. The number of carbonyl (C=O) groups excluding carboxylic acids is 1. The average Bonchev–Trinajstić information content (AvgIpc) is 2.70. The molecule has 0 aliphatic heterocycles. The van der Waals surface area contributed by atoms with E-state index < -0.39 is 0 Å². The van der Waals surface area contributed by atoms with Crippen molar-refractivity contribution < 1.29 is 9.53 Å². The van der Waals surface area contributed by atoms with Crippen molar-refractivity contribution in [2.24, 2.45) is 0 Å². The Morgan fingerprint density at radius 2 is 1.52 bits per heavy atom. The molecule has 0 radical (unpaired) electrons. The van der Waals surface area contributed by atoms with E-state index in [1.807, 2.05) is 30.3 Å². The Bertz CT molecular complexity index is 520. The smallest absolute Gasteiger partial charge is 0.323 e. The Morgan fingerprint density at radius 1 is 0.963 bits per heavy atom. The Labute approximate surface area is 179 Å². The third-order valence-electron chi connectivity index (χ3n) is 4.45. The van der Waals surface area contributed by atoms with Gasteiger partial charge in [-0.3, -0.25) is 4.79 Å². The van der Waals surface area contributed by atoms with Crippen LogP contribution in [0.15, 0.2) is 30.3 Å². The number of thioether (sulfide) groups is 2. The molecule has 27 heavy (non-hydrogen) atoms. The van der Waals surface area contributed by atoms with Crippen LogP contribution < -0.4 is 0 Å². The number of esters is 1. The summed E-state index contributed by atoms with van der Waals surface area (Å²) in [6.07, 6.45) is 13.4. The Morgan fingerprint density at radius 3 is 2.07 bits per heavy atom. The number of methoxy groups -OCH3 is 1. The van der Waals surface area contributed by atoms with Gasteiger partial charge in [-0.25, -0.2) is 0 Å². The molecule has 0 fully saturated rings. The van der Waals surface area contributed by atoms with Crippen LogP contribution in [-0.2, 0) is 9.53 Å². The van der Waals surface area contributed by atoms with Gasteiger partial charge < -0.3 is 4.74 Å². The van der Waals surface area contributed by atoms with Gasteiger partial charge in [0.2, 0.25) is 0 Å². The Hall–Kier alpha value is -0.520. The van der Waals surface area contributed by atoms with Gasteiger partial charge in [0.1, 0.15) is 8.78 Å². The molecule has 1 unspecified atom stereocenters. The van der Waals surface area contributed by atoms with E-state index >= 15 is 0 Å². The normalized spacial score (nSPS) is 11.9. The van der Waals surface area contributed by atoms with Crippen molar-refractivity contribution in [1.29, 1.82) is 0 Å². The average molecular weight is 427 g/mol. The van der Waals surface area contributed by atoms with Crippen LogP contribution in [0.4, 0.5) is 0 Å². The number of hydrogen-bond acceptors (Lipinski definition) is 5. The first-order chi connectivity index (χ1) is 13.2. The highest BCUT2D eigenvalue weighted by Crippen LogP contribution is 2.35. The summed E-state index contributed by atoms with van der Waals surface area (Å²) in [5, 5.41) is -0.371. The van der Waals surface area contributed by atoms with Crippen LogP contribution in [0.25, 0.3) is 0 Å². The van der Waals surface area contributed by atoms with Crippen LogP contribution in [0.5, 0.6) is 0 Å². The minimum Gasteiger partial charge on any atom is -0.468 e. The van der Waals surface area contributed by atoms with Gasteiger partial charge in [-0.1, -0.05) is 119 Å². The number of thiocarbonyl (C=S) groups is 1. The molecule has 0 amide bonds. The van der Waals surface area contributed by atoms with E-state index in [0.29, 0.717) is 0 Å². The van der Waals surface area contributed by atoms with Crippen molar-refractivity contribution in [2.75, 3.05) is 12.9 Å². The molecule has 1 atom stereocenters. The molecule has 0 saturated heterocycles. The van der Waals surface area contributed by atoms with Crippen LogP contribution in [0.1, 0.15) is 81.9 Å². The fourth-order valence-electron chi connectivity index (χ4n) is 2.86. The van der Waals surface area contributed by atoms with Gasteiger partial charge in [-0.05, 0) is 17.7 Å².